The molecule has 1 atom stereocenters. The SMILES string of the molecule is CCC[C@H](C)NC(=O)Nc1ccccc1C(=O)N(C)C. The summed E-state index contributed by atoms with van der Waals surface area (Å²) >= 11 is 0. The van der Waals surface area contributed by atoms with Crippen molar-refractivity contribution in [3.63, 3.8) is 0 Å². The third-order valence-corrected chi connectivity index (χ3v) is 2.91. The first-order chi connectivity index (χ1) is 9.45. The number of carbonyl (C=O) groups excluding carboxylic acids is 2. The molecule has 0 unspecified atom stereocenters. The zero-order valence-corrected chi connectivity index (χ0v) is 12.6. The smallest absolute Gasteiger partial charge is 0.319 e. The number of anilines is 1. The zero-order chi connectivity index (χ0) is 15.1. The first-order valence-electron chi connectivity index (χ1n) is 6.84. The van der Waals surface area contributed by atoms with E-state index in [2.05, 4.69) is 17.6 Å². The molecule has 1 aromatic rings. The van der Waals surface area contributed by atoms with Gasteiger partial charge in [0.25, 0.3) is 5.91 Å². The molecule has 5 heteroatoms. The summed E-state index contributed by atoms with van der Waals surface area (Å²) in [5, 5.41) is 5.59. The maximum absolute atomic E-state index is 12.0. The Morgan fingerprint density at radius 1 is 1.25 bits per heavy atom. The molecule has 0 radical (unpaired) electrons. The van der Waals surface area contributed by atoms with E-state index >= 15 is 0 Å². The molecule has 5 nitrogen and oxygen atoms in total. The van der Waals surface area contributed by atoms with Crippen molar-refractivity contribution < 1.29 is 9.59 Å². The molecule has 20 heavy (non-hydrogen) atoms. The number of hydrogen-bond acceptors (Lipinski definition) is 2. The van der Waals surface area contributed by atoms with Crippen molar-refractivity contribution >= 4 is 17.6 Å². The number of benzene rings is 1. The average molecular weight is 277 g/mol. The summed E-state index contributed by atoms with van der Waals surface area (Å²) < 4.78 is 0. The Kier molecular flexibility index (Phi) is 6.03. The van der Waals surface area contributed by atoms with Gasteiger partial charge in [-0.25, -0.2) is 4.79 Å². The van der Waals surface area contributed by atoms with Gasteiger partial charge in [-0.3, -0.25) is 4.79 Å². The van der Waals surface area contributed by atoms with Crippen LogP contribution in [0.4, 0.5) is 10.5 Å². The van der Waals surface area contributed by atoms with Crippen LogP contribution in [-0.4, -0.2) is 37.0 Å². The minimum absolute atomic E-state index is 0.108. The fraction of sp³-hybridized carbons (Fsp3) is 0.467. The highest BCUT2D eigenvalue weighted by molar-refractivity contribution is 6.03. The summed E-state index contributed by atoms with van der Waals surface area (Å²) in [5.74, 6) is -0.137. The number of carbonyl (C=O) groups is 2. The van der Waals surface area contributed by atoms with Crippen molar-refractivity contribution in [2.75, 3.05) is 19.4 Å². The average Bonchev–Trinajstić information content (AvgIpc) is 2.38. The molecule has 0 bridgehead atoms. The van der Waals surface area contributed by atoms with Gasteiger partial charge in [0.1, 0.15) is 0 Å². The number of nitrogens with one attached hydrogen (secondary N) is 2. The number of para-hydroxylation sites is 1. The molecule has 0 saturated heterocycles. The van der Waals surface area contributed by atoms with Crippen molar-refractivity contribution in [1.82, 2.24) is 10.2 Å². The maximum atomic E-state index is 12.0. The lowest BCUT2D eigenvalue weighted by atomic mass is 10.1. The van der Waals surface area contributed by atoms with E-state index in [0.717, 1.165) is 12.8 Å². The Labute approximate surface area is 120 Å². The van der Waals surface area contributed by atoms with Crippen LogP contribution in [0, 0.1) is 0 Å². The largest absolute Gasteiger partial charge is 0.345 e. The highest BCUT2D eigenvalue weighted by Crippen LogP contribution is 2.16. The summed E-state index contributed by atoms with van der Waals surface area (Å²) in [6.45, 7) is 4.03. The second kappa shape index (κ2) is 7.53. The van der Waals surface area contributed by atoms with Gasteiger partial charge in [-0.2, -0.15) is 0 Å². The quantitative estimate of drug-likeness (QED) is 0.869. The van der Waals surface area contributed by atoms with E-state index in [1.165, 1.54) is 4.90 Å². The number of rotatable bonds is 5. The van der Waals surface area contributed by atoms with Gasteiger partial charge in [0, 0.05) is 20.1 Å². The number of urea groups is 1. The molecular formula is C15H23N3O2. The molecule has 0 fully saturated rings. The molecule has 0 aliphatic rings. The molecule has 110 valence electrons. The molecule has 0 saturated carbocycles. The van der Waals surface area contributed by atoms with Crippen LogP contribution in [0.1, 0.15) is 37.0 Å². The highest BCUT2D eigenvalue weighted by Gasteiger charge is 2.15. The first kappa shape index (κ1) is 16.0. The second-order valence-corrected chi connectivity index (χ2v) is 5.03. The summed E-state index contributed by atoms with van der Waals surface area (Å²) in [6.07, 6.45) is 1.93. The summed E-state index contributed by atoms with van der Waals surface area (Å²) in [6, 6.07) is 6.81. The fourth-order valence-corrected chi connectivity index (χ4v) is 1.91. The fourth-order valence-electron chi connectivity index (χ4n) is 1.91. The van der Waals surface area contributed by atoms with Gasteiger partial charge in [0.15, 0.2) is 0 Å². The van der Waals surface area contributed by atoms with Crippen LogP contribution < -0.4 is 10.6 Å². The van der Waals surface area contributed by atoms with Crippen LogP contribution in [0.5, 0.6) is 0 Å². The van der Waals surface area contributed by atoms with E-state index in [9.17, 15) is 9.59 Å². The molecule has 3 amide bonds. The molecule has 0 aliphatic heterocycles. The predicted molar refractivity (Wildman–Crippen MR) is 81.0 cm³/mol. The van der Waals surface area contributed by atoms with E-state index in [1.54, 1.807) is 38.4 Å². The van der Waals surface area contributed by atoms with Crippen molar-refractivity contribution in [2.45, 2.75) is 32.7 Å². The van der Waals surface area contributed by atoms with Crippen molar-refractivity contribution in [2.24, 2.45) is 0 Å². The Hall–Kier alpha value is -2.04. The monoisotopic (exact) mass is 277 g/mol. The number of amides is 3. The standard InChI is InChI=1S/C15H23N3O2/c1-5-8-11(2)16-15(20)17-13-10-7-6-9-12(13)14(19)18(3)4/h6-7,9-11H,5,8H2,1-4H3,(H2,16,17,20)/t11-/m0/s1. The van der Waals surface area contributed by atoms with Crippen molar-refractivity contribution in [3.8, 4) is 0 Å². The Morgan fingerprint density at radius 3 is 2.50 bits per heavy atom. The van der Waals surface area contributed by atoms with Crippen LogP contribution >= 0.6 is 0 Å². The normalized spacial score (nSPS) is 11.6. The molecule has 0 aliphatic carbocycles. The molecule has 0 heterocycles. The zero-order valence-electron chi connectivity index (χ0n) is 12.6. The third-order valence-electron chi connectivity index (χ3n) is 2.91. The van der Waals surface area contributed by atoms with Gasteiger partial charge < -0.3 is 15.5 Å². The van der Waals surface area contributed by atoms with Gasteiger partial charge >= 0.3 is 6.03 Å². The minimum atomic E-state index is -0.287. The van der Waals surface area contributed by atoms with Gasteiger partial charge in [-0.05, 0) is 25.5 Å². The third kappa shape index (κ3) is 4.57. The molecule has 1 aromatic carbocycles. The van der Waals surface area contributed by atoms with Gasteiger partial charge in [0.05, 0.1) is 11.3 Å². The highest BCUT2D eigenvalue weighted by atomic mass is 16.2. The van der Waals surface area contributed by atoms with E-state index < -0.39 is 0 Å². The van der Waals surface area contributed by atoms with Crippen LogP contribution in [0.25, 0.3) is 0 Å². The number of nitrogens with zero attached hydrogens (tertiary/aromatic N) is 1. The van der Waals surface area contributed by atoms with Crippen LogP contribution in [0.3, 0.4) is 0 Å². The number of hydrogen-bond donors (Lipinski definition) is 2. The van der Waals surface area contributed by atoms with Crippen molar-refractivity contribution in [3.05, 3.63) is 29.8 Å². The lowest BCUT2D eigenvalue weighted by molar-refractivity contribution is 0.0828. The Bertz CT molecular complexity index is 472. The van der Waals surface area contributed by atoms with Gasteiger partial charge in [-0.15, -0.1) is 0 Å². The van der Waals surface area contributed by atoms with Crippen LogP contribution in [0.2, 0.25) is 0 Å². The summed E-state index contributed by atoms with van der Waals surface area (Å²) in [7, 11) is 3.37. The van der Waals surface area contributed by atoms with Crippen LogP contribution in [-0.2, 0) is 0 Å². The predicted octanol–water partition coefficient (Wildman–Crippen LogP) is 2.70. The second-order valence-electron chi connectivity index (χ2n) is 5.03. The molecule has 2 N–H and O–H groups in total. The summed E-state index contributed by atoms with van der Waals surface area (Å²) in [4.78, 5) is 25.4. The topological polar surface area (TPSA) is 61.4 Å². The molecule has 0 spiro atoms. The molecule has 1 rings (SSSR count). The summed E-state index contributed by atoms with van der Waals surface area (Å²) in [5.41, 5.74) is 1.00. The lowest BCUT2D eigenvalue weighted by Gasteiger charge is -2.17. The maximum Gasteiger partial charge on any atom is 0.319 e. The molecular weight excluding hydrogens is 254 g/mol. The van der Waals surface area contributed by atoms with E-state index in [0.29, 0.717) is 11.3 Å². The van der Waals surface area contributed by atoms with Crippen molar-refractivity contribution in [1.29, 1.82) is 0 Å². The minimum Gasteiger partial charge on any atom is -0.345 e. The Morgan fingerprint density at radius 2 is 1.90 bits per heavy atom. The Balaban J connectivity index is 2.77. The van der Waals surface area contributed by atoms with Crippen LogP contribution in [0.15, 0.2) is 24.3 Å². The van der Waals surface area contributed by atoms with Gasteiger partial charge in [-0.1, -0.05) is 25.5 Å². The van der Waals surface area contributed by atoms with E-state index in [1.807, 2.05) is 6.92 Å². The first-order valence-corrected chi connectivity index (χ1v) is 6.84. The van der Waals surface area contributed by atoms with E-state index in [-0.39, 0.29) is 18.0 Å². The lowest BCUT2D eigenvalue weighted by Crippen LogP contribution is -2.36. The van der Waals surface area contributed by atoms with E-state index in [4.69, 9.17) is 0 Å². The molecule has 0 aromatic heterocycles. The van der Waals surface area contributed by atoms with Gasteiger partial charge in [0.2, 0.25) is 0 Å².